The first kappa shape index (κ1) is 14.2. The number of nitrogens with one attached hydrogen (secondary N) is 1. The van der Waals surface area contributed by atoms with E-state index in [2.05, 4.69) is 5.32 Å². The first-order valence-electron chi connectivity index (χ1n) is 5.13. The number of hydrogen-bond acceptors (Lipinski definition) is 3. The number of alkyl halides is 2. The van der Waals surface area contributed by atoms with Gasteiger partial charge in [0.25, 0.3) is 6.43 Å². The van der Waals surface area contributed by atoms with Gasteiger partial charge >= 0.3 is 0 Å². The van der Waals surface area contributed by atoms with Crippen LogP contribution in [0.15, 0.2) is 24.3 Å². The Hall–Kier alpha value is -0.910. The van der Waals surface area contributed by atoms with Gasteiger partial charge < -0.3 is 15.2 Å². The molecule has 0 aliphatic rings. The lowest BCUT2D eigenvalue weighted by Crippen LogP contribution is -2.33. The van der Waals surface area contributed by atoms with Crippen LogP contribution in [-0.2, 0) is 0 Å². The second-order valence-corrected chi connectivity index (χ2v) is 3.90. The summed E-state index contributed by atoms with van der Waals surface area (Å²) in [6, 6.07) is 6.67. The molecule has 1 unspecified atom stereocenters. The van der Waals surface area contributed by atoms with Crippen LogP contribution in [0.4, 0.5) is 8.78 Å². The van der Waals surface area contributed by atoms with E-state index in [-0.39, 0.29) is 13.2 Å². The summed E-state index contributed by atoms with van der Waals surface area (Å²) >= 11 is 5.69. The van der Waals surface area contributed by atoms with Gasteiger partial charge in [-0.2, -0.15) is 0 Å². The van der Waals surface area contributed by atoms with Crippen molar-refractivity contribution >= 4 is 11.6 Å². The highest BCUT2D eigenvalue weighted by Crippen LogP contribution is 2.15. The Kier molecular flexibility index (Phi) is 6.18. The molecule has 3 nitrogen and oxygen atoms in total. The van der Waals surface area contributed by atoms with Crippen LogP contribution in [0.2, 0.25) is 5.02 Å². The molecular weight excluding hydrogens is 252 g/mol. The van der Waals surface area contributed by atoms with Crippen LogP contribution in [-0.4, -0.2) is 37.3 Å². The van der Waals surface area contributed by atoms with Crippen molar-refractivity contribution in [2.45, 2.75) is 12.5 Å². The molecule has 0 aliphatic heterocycles. The van der Waals surface area contributed by atoms with Gasteiger partial charge in [0, 0.05) is 11.6 Å². The quantitative estimate of drug-likeness (QED) is 0.792. The van der Waals surface area contributed by atoms with Crippen molar-refractivity contribution in [1.82, 2.24) is 5.32 Å². The third-order valence-corrected chi connectivity index (χ3v) is 2.19. The maximum Gasteiger partial charge on any atom is 0.250 e. The van der Waals surface area contributed by atoms with E-state index in [0.29, 0.717) is 10.8 Å². The number of benzene rings is 1. The summed E-state index contributed by atoms with van der Waals surface area (Å²) in [4.78, 5) is 0. The second-order valence-electron chi connectivity index (χ2n) is 3.47. The largest absolute Gasteiger partial charge is 0.491 e. The minimum absolute atomic E-state index is 0.0396. The van der Waals surface area contributed by atoms with Crippen LogP contribution in [0.1, 0.15) is 0 Å². The Morgan fingerprint density at radius 3 is 2.47 bits per heavy atom. The van der Waals surface area contributed by atoms with Gasteiger partial charge in [0.05, 0.1) is 6.54 Å². The average Bonchev–Trinajstić information content (AvgIpc) is 2.28. The molecule has 1 atom stereocenters. The summed E-state index contributed by atoms with van der Waals surface area (Å²) in [5.41, 5.74) is 0. The Morgan fingerprint density at radius 2 is 1.88 bits per heavy atom. The van der Waals surface area contributed by atoms with E-state index in [0.717, 1.165) is 0 Å². The molecule has 0 heterocycles. The van der Waals surface area contributed by atoms with Crippen molar-refractivity contribution in [3.8, 4) is 5.75 Å². The Balaban J connectivity index is 2.19. The van der Waals surface area contributed by atoms with E-state index in [9.17, 15) is 13.9 Å². The van der Waals surface area contributed by atoms with E-state index in [1.54, 1.807) is 24.3 Å². The molecule has 1 rings (SSSR count). The summed E-state index contributed by atoms with van der Waals surface area (Å²) in [6.07, 6.45) is -3.25. The zero-order valence-electron chi connectivity index (χ0n) is 9.07. The molecule has 0 aromatic heterocycles. The number of hydrogen-bond donors (Lipinski definition) is 2. The van der Waals surface area contributed by atoms with Crippen molar-refractivity contribution in [3.05, 3.63) is 29.3 Å². The molecule has 96 valence electrons. The molecule has 1 aromatic rings. The first-order valence-corrected chi connectivity index (χ1v) is 5.51. The molecule has 0 fully saturated rings. The summed E-state index contributed by atoms with van der Waals surface area (Å²) < 4.78 is 28.8. The maximum absolute atomic E-state index is 11.8. The van der Waals surface area contributed by atoms with Gasteiger partial charge in [0.15, 0.2) is 0 Å². The number of aliphatic hydroxyl groups excluding tert-OH is 1. The van der Waals surface area contributed by atoms with Crippen LogP contribution in [0.25, 0.3) is 0 Å². The van der Waals surface area contributed by atoms with E-state index < -0.39 is 19.1 Å². The van der Waals surface area contributed by atoms with Gasteiger partial charge in [-0.1, -0.05) is 11.6 Å². The topological polar surface area (TPSA) is 41.5 Å². The molecule has 0 saturated carbocycles. The fraction of sp³-hybridized carbons (Fsp3) is 0.455. The number of aliphatic hydroxyl groups is 1. The molecule has 0 spiro atoms. The molecule has 17 heavy (non-hydrogen) atoms. The van der Waals surface area contributed by atoms with E-state index >= 15 is 0 Å². The summed E-state index contributed by atoms with van der Waals surface area (Å²) in [6.45, 7) is -0.326. The molecule has 1 aromatic carbocycles. The van der Waals surface area contributed by atoms with Crippen molar-refractivity contribution in [2.24, 2.45) is 0 Å². The molecular formula is C11H14ClF2NO2. The van der Waals surface area contributed by atoms with Gasteiger partial charge in [0.2, 0.25) is 0 Å². The van der Waals surface area contributed by atoms with Crippen molar-refractivity contribution in [2.75, 3.05) is 19.7 Å². The van der Waals surface area contributed by atoms with Crippen LogP contribution < -0.4 is 10.1 Å². The van der Waals surface area contributed by atoms with Gasteiger partial charge in [-0.05, 0) is 24.3 Å². The molecule has 2 N–H and O–H groups in total. The third kappa shape index (κ3) is 6.41. The maximum atomic E-state index is 11.8. The number of rotatable bonds is 7. The lowest BCUT2D eigenvalue weighted by atomic mass is 10.3. The van der Waals surface area contributed by atoms with Crippen LogP contribution in [0.3, 0.4) is 0 Å². The fourth-order valence-corrected chi connectivity index (χ4v) is 1.27. The average molecular weight is 266 g/mol. The molecule has 0 aliphatic carbocycles. The summed E-state index contributed by atoms with van der Waals surface area (Å²) in [5.74, 6) is 0.572. The SMILES string of the molecule is OC(CNCC(F)F)COc1ccc(Cl)cc1. The first-order chi connectivity index (χ1) is 8.08. The Labute approximate surface area is 103 Å². The highest BCUT2D eigenvalue weighted by atomic mass is 35.5. The van der Waals surface area contributed by atoms with Crippen LogP contribution in [0.5, 0.6) is 5.75 Å². The molecule has 0 bridgehead atoms. The molecule has 6 heteroatoms. The highest BCUT2D eigenvalue weighted by molar-refractivity contribution is 6.30. The lowest BCUT2D eigenvalue weighted by Gasteiger charge is -2.13. The molecule has 0 saturated heterocycles. The van der Waals surface area contributed by atoms with Crippen molar-refractivity contribution in [3.63, 3.8) is 0 Å². The van der Waals surface area contributed by atoms with Gasteiger partial charge in [-0.3, -0.25) is 0 Å². The monoisotopic (exact) mass is 265 g/mol. The Bertz CT molecular complexity index is 322. The zero-order valence-corrected chi connectivity index (χ0v) is 9.83. The van der Waals surface area contributed by atoms with Crippen molar-refractivity contribution < 1.29 is 18.6 Å². The van der Waals surface area contributed by atoms with E-state index in [1.165, 1.54) is 0 Å². The summed E-state index contributed by atoms with van der Waals surface area (Å²) in [7, 11) is 0. The fourth-order valence-electron chi connectivity index (χ4n) is 1.14. The van der Waals surface area contributed by atoms with Crippen molar-refractivity contribution in [1.29, 1.82) is 0 Å². The van der Waals surface area contributed by atoms with Gasteiger partial charge in [0.1, 0.15) is 18.5 Å². The minimum atomic E-state index is -2.42. The van der Waals surface area contributed by atoms with E-state index in [1.807, 2.05) is 0 Å². The number of halogens is 3. The van der Waals surface area contributed by atoms with E-state index in [4.69, 9.17) is 16.3 Å². The Morgan fingerprint density at radius 1 is 1.24 bits per heavy atom. The predicted octanol–water partition coefficient (Wildman–Crippen LogP) is 1.93. The summed E-state index contributed by atoms with van der Waals surface area (Å²) in [5, 5.41) is 12.4. The second kappa shape index (κ2) is 7.42. The standard InChI is InChI=1S/C11H14ClF2NO2/c12-8-1-3-10(4-2-8)17-7-9(16)5-15-6-11(13)14/h1-4,9,11,15-16H,5-7H2. The van der Waals surface area contributed by atoms with Crippen LogP contribution >= 0.6 is 11.6 Å². The predicted molar refractivity (Wildman–Crippen MR) is 61.8 cm³/mol. The minimum Gasteiger partial charge on any atom is -0.491 e. The van der Waals surface area contributed by atoms with Gasteiger partial charge in [-0.15, -0.1) is 0 Å². The smallest absolute Gasteiger partial charge is 0.250 e. The lowest BCUT2D eigenvalue weighted by molar-refractivity contribution is 0.0951. The normalized spacial score (nSPS) is 12.8. The molecule has 0 radical (unpaired) electrons. The van der Waals surface area contributed by atoms with Crippen LogP contribution in [0, 0.1) is 0 Å². The third-order valence-electron chi connectivity index (χ3n) is 1.93. The number of ether oxygens (including phenoxy) is 1. The van der Waals surface area contributed by atoms with Gasteiger partial charge in [-0.25, -0.2) is 8.78 Å². The zero-order chi connectivity index (χ0) is 12.7. The highest BCUT2D eigenvalue weighted by Gasteiger charge is 2.07. The molecule has 0 amide bonds.